The van der Waals surface area contributed by atoms with E-state index in [2.05, 4.69) is 5.32 Å². The Balaban J connectivity index is 2.51. The highest BCUT2D eigenvalue weighted by atomic mass is 16.6. The van der Waals surface area contributed by atoms with Crippen LogP contribution < -0.4 is 5.32 Å². The minimum absolute atomic E-state index is 0.0156. The van der Waals surface area contributed by atoms with E-state index in [9.17, 15) is 19.7 Å². The lowest BCUT2D eigenvalue weighted by Crippen LogP contribution is -2.34. The lowest BCUT2D eigenvalue weighted by Gasteiger charge is -2.12. The highest BCUT2D eigenvalue weighted by Crippen LogP contribution is 2.13. The van der Waals surface area contributed by atoms with E-state index in [0.29, 0.717) is 12.0 Å². The third-order valence-electron chi connectivity index (χ3n) is 2.68. The molecule has 0 aromatic heterocycles. The fraction of sp³-hybridized carbons (Fsp3) is 0.385. The van der Waals surface area contributed by atoms with Crippen LogP contribution >= 0.6 is 0 Å². The number of benzene rings is 1. The van der Waals surface area contributed by atoms with Crippen molar-refractivity contribution in [2.75, 3.05) is 0 Å². The molecule has 1 unspecified atom stereocenters. The van der Waals surface area contributed by atoms with Crippen LogP contribution in [-0.2, 0) is 16.0 Å². The molecule has 1 amide bonds. The molecule has 0 saturated carbocycles. The van der Waals surface area contributed by atoms with Gasteiger partial charge in [0.05, 0.1) is 11.3 Å². The van der Waals surface area contributed by atoms with Gasteiger partial charge in [0.25, 0.3) is 5.69 Å². The molecule has 1 atom stereocenters. The number of nitro groups is 1. The molecule has 0 bridgehead atoms. The first kappa shape index (κ1) is 15.6. The first-order valence-electron chi connectivity index (χ1n) is 6.13. The van der Waals surface area contributed by atoms with Gasteiger partial charge >= 0.3 is 5.97 Å². The second kappa shape index (κ2) is 7.22. The SMILES string of the molecule is CC(CCC(=O)O)NC(=O)Cc1cccc([N+](=O)[O-])c1. The van der Waals surface area contributed by atoms with Gasteiger partial charge in [-0.2, -0.15) is 0 Å². The first-order valence-corrected chi connectivity index (χ1v) is 6.13. The number of amides is 1. The fourth-order valence-electron chi connectivity index (χ4n) is 1.70. The van der Waals surface area contributed by atoms with Gasteiger partial charge < -0.3 is 10.4 Å². The van der Waals surface area contributed by atoms with Gasteiger partial charge in [0, 0.05) is 24.6 Å². The fourth-order valence-corrected chi connectivity index (χ4v) is 1.70. The number of nitrogens with zero attached hydrogens (tertiary/aromatic N) is 1. The molecule has 0 heterocycles. The van der Waals surface area contributed by atoms with Crippen molar-refractivity contribution in [3.05, 3.63) is 39.9 Å². The smallest absolute Gasteiger partial charge is 0.303 e. The molecular weight excluding hydrogens is 264 g/mol. The van der Waals surface area contributed by atoms with E-state index in [0.717, 1.165) is 0 Å². The molecule has 1 rings (SSSR count). The Bertz CT molecular complexity index is 515. The Labute approximate surface area is 115 Å². The number of rotatable bonds is 7. The van der Waals surface area contributed by atoms with E-state index < -0.39 is 10.9 Å². The summed E-state index contributed by atoms with van der Waals surface area (Å²) >= 11 is 0. The summed E-state index contributed by atoms with van der Waals surface area (Å²) in [6.07, 6.45) is 0.355. The molecule has 0 aliphatic carbocycles. The van der Waals surface area contributed by atoms with Gasteiger partial charge in [-0.15, -0.1) is 0 Å². The maximum atomic E-state index is 11.7. The molecule has 0 radical (unpaired) electrons. The summed E-state index contributed by atoms with van der Waals surface area (Å²) < 4.78 is 0. The zero-order valence-corrected chi connectivity index (χ0v) is 11.0. The molecule has 0 aliphatic rings. The van der Waals surface area contributed by atoms with Crippen LogP contribution in [0.3, 0.4) is 0 Å². The number of hydrogen-bond acceptors (Lipinski definition) is 4. The topological polar surface area (TPSA) is 110 Å². The molecule has 0 aliphatic heterocycles. The first-order chi connectivity index (χ1) is 9.38. The van der Waals surface area contributed by atoms with Crippen LogP contribution in [0.2, 0.25) is 0 Å². The summed E-state index contributed by atoms with van der Waals surface area (Å²) in [5.74, 6) is -1.20. The van der Waals surface area contributed by atoms with Gasteiger partial charge in [-0.05, 0) is 18.9 Å². The number of non-ortho nitro benzene ring substituents is 1. The van der Waals surface area contributed by atoms with Gasteiger partial charge in [0.15, 0.2) is 0 Å². The molecule has 20 heavy (non-hydrogen) atoms. The third kappa shape index (κ3) is 5.47. The zero-order chi connectivity index (χ0) is 15.1. The van der Waals surface area contributed by atoms with Crippen LogP contribution in [-0.4, -0.2) is 27.9 Å². The molecule has 0 saturated heterocycles. The normalized spacial score (nSPS) is 11.7. The van der Waals surface area contributed by atoms with E-state index in [1.54, 1.807) is 13.0 Å². The molecule has 0 spiro atoms. The highest BCUT2D eigenvalue weighted by molar-refractivity contribution is 5.79. The second-order valence-electron chi connectivity index (χ2n) is 4.50. The van der Waals surface area contributed by atoms with E-state index in [-0.39, 0.29) is 30.5 Å². The Morgan fingerprint density at radius 3 is 2.75 bits per heavy atom. The Morgan fingerprint density at radius 2 is 2.15 bits per heavy atom. The number of carboxylic acid groups (broad SMARTS) is 1. The standard InChI is InChI=1S/C13H16N2O5/c1-9(5-6-13(17)18)14-12(16)8-10-3-2-4-11(7-10)15(19)20/h2-4,7,9H,5-6,8H2,1H3,(H,14,16)(H,17,18). The molecule has 0 fully saturated rings. The Hall–Kier alpha value is -2.44. The van der Waals surface area contributed by atoms with E-state index >= 15 is 0 Å². The predicted molar refractivity (Wildman–Crippen MR) is 71.3 cm³/mol. The summed E-state index contributed by atoms with van der Waals surface area (Å²) in [7, 11) is 0. The average molecular weight is 280 g/mol. The van der Waals surface area contributed by atoms with Gasteiger partial charge in [-0.3, -0.25) is 19.7 Å². The van der Waals surface area contributed by atoms with Gasteiger partial charge in [-0.1, -0.05) is 12.1 Å². The number of hydrogen-bond donors (Lipinski definition) is 2. The molecule has 7 nitrogen and oxygen atoms in total. The van der Waals surface area contributed by atoms with Crippen LogP contribution in [0, 0.1) is 10.1 Å². The van der Waals surface area contributed by atoms with Crippen LogP contribution in [0.15, 0.2) is 24.3 Å². The summed E-state index contributed by atoms with van der Waals surface area (Å²) in [4.78, 5) is 32.2. The van der Waals surface area contributed by atoms with Crippen molar-refractivity contribution in [3.8, 4) is 0 Å². The van der Waals surface area contributed by atoms with E-state index in [1.807, 2.05) is 0 Å². The van der Waals surface area contributed by atoms with Crippen LogP contribution in [0.5, 0.6) is 0 Å². The maximum absolute atomic E-state index is 11.7. The Morgan fingerprint density at radius 1 is 1.45 bits per heavy atom. The third-order valence-corrected chi connectivity index (χ3v) is 2.68. The highest BCUT2D eigenvalue weighted by Gasteiger charge is 2.12. The minimum atomic E-state index is -0.912. The Kier molecular flexibility index (Phi) is 5.64. The number of carboxylic acids is 1. The van der Waals surface area contributed by atoms with E-state index in [4.69, 9.17) is 5.11 Å². The van der Waals surface area contributed by atoms with Crippen LogP contribution in [0.4, 0.5) is 5.69 Å². The molecule has 2 N–H and O–H groups in total. The largest absolute Gasteiger partial charge is 0.481 e. The summed E-state index contributed by atoms with van der Waals surface area (Å²) in [5.41, 5.74) is 0.483. The lowest BCUT2D eigenvalue weighted by atomic mass is 10.1. The van der Waals surface area contributed by atoms with Crippen molar-refractivity contribution in [2.45, 2.75) is 32.2 Å². The number of carbonyl (C=O) groups is 2. The van der Waals surface area contributed by atoms with Crippen LogP contribution in [0.25, 0.3) is 0 Å². The zero-order valence-electron chi connectivity index (χ0n) is 11.0. The maximum Gasteiger partial charge on any atom is 0.303 e. The van der Waals surface area contributed by atoms with Gasteiger partial charge in [0.1, 0.15) is 0 Å². The van der Waals surface area contributed by atoms with Crippen molar-refractivity contribution in [1.82, 2.24) is 5.32 Å². The van der Waals surface area contributed by atoms with Crippen molar-refractivity contribution >= 4 is 17.6 Å². The van der Waals surface area contributed by atoms with E-state index in [1.165, 1.54) is 18.2 Å². The van der Waals surface area contributed by atoms with Crippen molar-refractivity contribution < 1.29 is 19.6 Å². The number of aliphatic carboxylic acids is 1. The minimum Gasteiger partial charge on any atom is -0.481 e. The quantitative estimate of drug-likeness (QED) is 0.581. The molecule has 1 aromatic rings. The lowest BCUT2D eigenvalue weighted by molar-refractivity contribution is -0.384. The molecule has 108 valence electrons. The van der Waals surface area contributed by atoms with Gasteiger partial charge in [0.2, 0.25) is 5.91 Å². The number of carbonyl (C=O) groups excluding carboxylic acids is 1. The number of nitrogens with one attached hydrogen (secondary N) is 1. The average Bonchev–Trinajstić information content (AvgIpc) is 2.36. The molecule has 7 heteroatoms. The van der Waals surface area contributed by atoms with Crippen molar-refractivity contribution in [1.29, 1.82) is 0 Å². The van der Waals surface area contributed by atoms with Crippen LogP contribution in [0.1, 0.15) is 25.3 Å². The van der Waals surface area contributed by atoms with Gasteiger partial charge in [-0.25, -0.2) is 0 Å². The number of nitro benzene ring substituents is 1. The van der Waals surface area contributed by atoms with Crippen molar-refractivity contribution in [3.63, 3.8) is 0 Å². The predicted octanol–water partition coefficient (Wildman–Crippen LogP) is 1.51. The summed E-state index contributed by atoms with van der Waals surface area (Å²) in [6, 6.07) is 5.61. The summed E-state index contributed by atoms with van der Waals surface area (Å²) in [6.45, 7) is 1.72. The molecule has 1 aromatic carbocycles. The summed E-state index contributed by atoms with van der Waals surface area (Å²) in [5, 5.41) is 21.8. The second-order valence-corrected chi connectivity index (χ2v) is 4.50. The van der Waals surface area contributed by atoms with Crippen molar-refractivity contribution in [2.24, 2.45) is 0 Å². The monoisotopic (exact) mass is 280 g/mol. The molecular formula is C13H16N2O5.